The van der Waals surface area contributed by atoms with Gasteiger partial charge in [-0.1, -0.05) is 55.3 Å². The van der Waals surface area contributed by atoms with Crippen LogP contribution in [0.25, 0.3) is 44.5 Å². The Labute approximate surface area is 287 Å². The van der Waals surface area contributed by atoms with E-state index >= 15 is 0 Å². The van der Waals surface area contributed by atoms with Crippen molar-refractivity contribution < 1.29 is 14.1 Å². The molecule has 4 aromatic heterocycles. The molecular weight excluding hydrogens is 635 g/mol. The molecule has 6 aromatic rings. The van der Waals surface area contributed by atoms with E-state index in [9.17, 15) is 9.35 Å². The van der Waals surface area contributed by atoms with Crippen LogP contribution in [0.15, 0.2) is 90.5 Å². The monoisotopic (exact) mass is 671 g/mol. The summed E-state index contributed by atoms with van der Waals surface area (Å²) >= 11 is -1.64. The van der Waals surface area contributed by atoms with Gasteiger partial charge in [-0.3, -0.25) is 9.48 Å². The maximum absolute atomic E-state index is 14.7. The van der Waals surface area contributed by atoms with Crippen LogP contribution in [0.2, 0.25) is 0 Å². The smallest absolute Gasteiger partial charge is 0.237 e. The van der Waals surface area contributed by atoms with Gasteiger partial charge in [0.2, 0.25) is 5.91 Å². The van der Waals surface area contributed by atoms with E-state index in [1.165, 1.54) is 0 Å². The minimum absolute atomic E-state index is 0.0289. The van der Waals surface area contributed by atoms with E-state index in [1.54, 1.807) is 15.8 Å². The summed E-state index contributed by atoms with van der Waals surface area (Å²) in [5.41, 5.74) is 7.29. The van der Waals surface area contributed by atoms with E-state index in [-0.39, 0.29) is 12.1 Å². The molecule has 2 unspecified atom stereocenters. The molecule has 1 spiro atoms. The zero-order valence-electron chi connectivity index (χ0n) is 27.6. The topological polar surface area (TPSA) is 106 Å². The Morgan fingerprint density at radius 3 is 2.33 bits per heavy atom. The van der Waals surface area contributed by atoms with Gasteiger partial charge in [0.25, 0.3) is 0 Å². The largest absolute Gasteiger partial charge is 0.587 e. The van der Waals surface area contributed by atoms with Gasteiger partial charge in [0.1, 0.15) is 23.3 Å². The normalized spacial score (nSPS) is 19.3. The van der Waals surface area contributed by atoms with E-state index < -0.39 is 16.8 Å². The van der Waals surface area contributed by atoms with E-state index in [2.05, 4.69) is 40.7 Å². The predicted molar refractivity (Wildman–Crippen MR) is 189 cm³/mol. The molecule has 11 heteroatoms. The van der Waals surface area contributed by atoms with Gasteiger partial charge in [0.05, 0.1) is 29.7 Å². The van der Waals surface area contributed by atoms with Gasteiger partial charge in [-0.15, -0.1) is 3.97 Å². The SMILES string of the molecule is CN1C(=O)C2(CCCC2)c2c1cnc1c2c(-c2ccc(-c3cnn(C4CCCCO4)c3)cc2)c(-c2cnn(C)c2)n1[S+]([O-])c1ccccc1. The van der Waals surface area contributed by atoms with E-state index in [0.717, 1.165) is 102 Å². The van der Waals surface area contributed by atoms with Gasteiger partial charge >= 0.3 is 0 Å². The fraction of sp³-hybridized carbons (Fsp3) is 0.316. The van der Waals surface area contributed by atoms with Gasteiger partial charge in [0.15, 0.2) is 10.5 Å². The quantitative estimate of drug-likeness (QED) is 0.176. The summed E-state index contributed by atoms with van der Waals surface area (Å²) in [6.07, 6.45) is 16.2. The zero-order chi connectivity index (χ0) is 33.3. The number of carbonyl (C=O) groups is 1. The molecule has 3 aliphatic rings. The van der Waals surface area contributed by atoms with E-state index in [4.69, 9.17) is 9.72 Å². The molecule has 6 heterocycles. The van der Waals surface area contributed by atoms with E-state index in [0.29, 0.717) is 10.5 Å². The Morgan fingerprint density at radius 1 is 0.857 bits per heavy atom. The minimum Gasteiger partial charge on any atom is -0.587 e. The second-order valence-electron chi connectivity index (χ2n) is 13.5. The maximum atomic E-state index is 14.7. The number of pyridine rings is 1. The number of hydrogen-bond donors (Lipinski definition) is 0. The summed E-state index contributed by atoms with van der Waals surface area (Å²) in [4.78, 5) is 21.6. The average molecular weight is 672 g/mol. The summed E-state index contributed by atoms with van der Waals surface area (Å²) in [5, 5.41) is 10.1. The number of hydrogen-bond acceptors (Lipinski definition) is 6. The van der Waals surface area contributed by atoms with Crippen LogP contribution in [-0.2, 0) is 33.4 Å². The number of fused-ring (bicyclic) bond motifs is 4. The third kappa shape index (κ3) is 4.70. The molecular formula is C38H37N7O3S. The lowest BCUT2D eigenvalue weighted by Crippen LogP contribution is -2.36. The Hall–Kier alpha value is -4.71. The summed E-state index contributed by atoms with van der Waals surface area (Å²) in [6, 6.07) is 17.9. The van der Waals surface area contributed by atoms with Crippen molar-refractivity contribution in [3.05, 3.63) is 91.1 Å². The highest BCUT2D eigenvalue weighted by Crippen LogP contribution is 2.56. The molecule has 1 saturated heterocycles. The molecule has 1 aliphatic carbocycles. The number of aryl methyl sites for hydroxylation is 1. The fourth-order valence-corrected chi connectivity index (χ4v) is 9.48. The minimum atomic E-state index is -1.64. The molecule has 2 aromatic carbocycles. The first-order chi connectivity index (χ1) is 23.9. The maximum Gasteiger partial charge on any atom is 0.237 e. The van der Waals surface area contributed by atoms with Crippen LogP contribution in [0.3, 0.4) is 0 Å². The number of amides is 1. The number of carbonyl (C=O) groups excluding carboxylic acids is 1. The van der Waals surface area contributed by atoms with Crippen LogP contribution in [0, 0.1) is 0 Å². The van der Waals surface area contributed by atoms with Gasteiger partial charge in [0, 0.05) is 60.7 Å². The van der Waals surface area contributed by atoms with Crippen molar-refractivity contribution >= 4 is 34.0 Å². The highest BCUT2D eigenvalue weighted by atomic mass is 32.2. The lowest BCUT2D eigenvalue weighted by molar-refractivity contribution is -0.122. The van der Waals surface area contributed by atoms with Crippen molar-refractivity contribution in [1.82, 2.24) is 28.5 Å². The summed E-state index contributed by atoms with van der Waals surface area (Å²) in [5.74, 6) is 0.120. The van der Waals surface area contributed by atoms with Crippen molar-refractivity contribution in [2.24, 2.45) is 7.05 Å². The number of nitrogens with zero attached hydrogens (tertiary/aromatic N) is 7. The van der Waals surface area contributed by atoms with Crippen molar-refractivity contribution in [3.63, 3.8) is 0 Å². The zero-order valence-corrected chi connectivity index (χ0v) is 28.4. The van der Waals surface area contributed by atoms with Gasteiger partial charge in [-0.25, -0.2) is 9.67 Å². The standard InChI is InChI=1S/C38H37N7O3S/c1-42-23-28(21-40-42)35-32(26-15-13-25(14-16-26)27-20-41-44(24-27)31-12-6-9-19-48-31)33-34-30(43(2)37(46)38(34)17-7-8-18-38)22-39-36(33)45(35)49(47)29-10-4-3-5-11-29/h3-5,10-11,13-16,20-24,31H,6-9,12,17-19H2,1-2H3. The Bertz CT molecular complexity index is 2190. The Kier molecular flexibility index (Phi) is 7.26. The first-order valence-electron chi connectivity index (χ1n) is 17.0. The number of aromatic nitrogens is 6. The summed E-state index contributed by atoms with van der Waals surface area (Å²) in [6.45, 7) is 0.762. The number of ether oxygens (including phenoxy) is 1. The van der Waals surface area contributed by atoms with Gasteiger partial charge < -0.3 is 14.2 Å². The van der Waals surface area contributed by atoms with Crippen molar-refractivity contribution in [2.45, 2.75) is 61.5 Å². The lowest BCUT2D eigenvalue weighted by atomic mass is 9.78. The van der Waals surface area contributed by atoms with Crippen LogP contribution in [0.1, 0.15) is 56.7 Å². The predicted octanol–water partition coefficient (Wildman–Crippen LogP) is 7.03. The van der Waals surface area contributed by atoms with Crippen molar-refractivity contribution in [3.8, 4) is 33.5 Å². The van der Waals surface area contributed by atoms with Crippen LogP contribution in [-0.4, -0.2) is 52.6 Å². The molecule has 2 fully saturated rings. The molecule has 1 saturated carbocycles. The molecule has 49 heavy (non-hydrogen) atoms. The number of likely N-dealkylation sites (N-methyl/N-ethyl adjacent to an activating group) is 1. The molecule has 248 valence electrons. The lowest BCUT2D eigenvalue weighted by Gasteiger charge is -2.22. The van der Waals surface area contributed by atoms with Crippen molar-refractivity contribution in [1.29, 1.82) is 0 Å². The number of anilines is 1. The molecule has 2 aliphatic heterocycles. The molecule has 0 bridgehead atoms. The first kappa shape index (κ1) is 30.4. The van der Waals surface area contributed by atoms with Crippen LogP contribution < -0.4 is 4.90 Å². The third-order valence-electron chi connectivity index (χ3n) is 10.6. The van der Waals surface area contributed by atoms with Crippen molar-refractivity contribution in [2.75, 3.05) is 18.6 Å². The third-order valence-corrected chi connectivity index (χ3v) is 11.9. The molecule has 10 nitrogen and oxygen atoms in total. The summed E-state index contributed by atoms with van der Waals surface area (Å²) in [7, 11) is 3.74. The summed E-state index contributed by atoms with van der Waals surface area (Å²) < 4.78 is 26.2. The average Bonchev–Trinajstić information content (AvgIpc) is 3.99. The highest BCUT2D eigenvalue weighted by molar-refractivity contribution is 7.90. The fourth-order valence-electron chi connectivity index (χ4n) is 8.22. The first-order valence-corrected chi connectivity index (χ1v) is 18.1. The molecule has 2 atom stereocenters. The molecule has 1 amide bonds. The Morgan fingerprint density at radius 2 is 1.61 bits per heavy atom. The molecule has 0 radical (unpaired) electrons. The van der Waals surface area contributed by atoms with Gasteiger partial charge in [-0.2, -0.15) is 10.2 Å². The second-order valence-corrected chi connectivity index (χ2v) is 14.8. The number of benzene rings is 2. The molecule has 0 N–H and O–H groups in total. The molecule has 9 rings (SSSR count). The van der Waals surface area contributed by atoms with Gasteiger partial charge in [-0.05, 0) is 55.4 Å². The van der Waals surface area contributed by atoms with E-state index in [1.807, 2.05) is 71.7 Å². The Balaban J connectivity index is 1.29. The highest BCUT2D eigenvalue weighted by Gasteiger charge is 2.53. The second kappa shape index (κ2) is 11.7. The van der Waals surface area contributed by atoms with Crippen LogP contribution in [0.4, 0.5) is 5.69 Å². The van der Waals surface area contributed by atoms with Crippen LogP contribution in [0.5, 0.6) is 0 Å². The number of rotatable bonds is 6. The van der Waals surface area contributed by atoms with Crippen LogP contribution >= 0.6 is 0 Å².